The maximum absolute atomic E-state index is 6.15. The fraction of sp³-hybridized carbons (Fsp3) is 0.417. The summed E-state index contributed by atoms with van der Waals surface area (Å²) in [5, 5.41) is 2.69. The van der Waals surface area contributed by atoms with Gasteiger partial charge in [-0.2, -0.15) is 0 Å². The number of aromatic amines is 1. The van der Waals surface area contributed by atoms with Crippen molar-refractivity contribution >= 4 is 34.1 Å². The van der Waals surface area contributed by atoms with Gasteiger partial charge in [-0.25, -0.2) is 0 Å². The van der Waals surface area contributed by atoms with Gasteiger partial charge in [0.1, 0.15) is 0 Å². The van der Waals surface area contributed by atoms with Gasteiger partial charge in [0.05, 0.1) is 10.0 Å². The lowest BCUT2D eigenvalue weighted by Crippen LogP contribution is -2.41. The highest BCUT2D eigenvalue weighted by molar-refractivity contribution is 6.42. The van der Waals surface area contributed by atoms with Crippen LogP contribution in [-0.2, 0) is 12.8 Å². The Morgan fingerprint density at radius 1 is 1.07 bits per heavy atom. The van der Waals surface area contributed by atoms with E-state index in [0.29, 0.717) is 22.1 Å². The molecule has 2 aliphatic heterocycles. The van der Waals surface area contributed by atoms with E-state index >= 15 is 0 Å². The minimum absolute atomic E-state index is 0.573. The highest BCUT2D eigenvalue weighted by Gasteiger charge is 2.41. The second kappa shape index (κ2) is 7.96. The molecule has 1 saturated heterocycles. The average molecular weight is 428 g/mol. The molecular formula is C24H27Cl2N3. The Labute approximate surface area is 182 Å². The first kappa shape index (κ1) is 19.4. The molecule has 2 aliphatic rings. The number of halogens is 2. The van der Waals surface area contributed by atoms with Crippen LogP contribution in [-0.4, -0.2) is 47.5 Å². The molecule has 2 atom stereocenters. The zero-order valence-electron chi connectivity index (χ0n) is 16.8. The van der Waals surface area contributed by atoms with E-state index in [1.807, 2.05) is 12.1 Å². The Balaban J connectivity index is 1.23. The van der Waals surface area contributed by atoms with Crippen LogP contribution in [0.2, 0.25) is 10.0 Å². The van der Waals surface area contributed by atoms with Crippen molar-refractivity contribution in [1.82, 2.24) is 14.8 Å². The van der Waals surface area contributed by atoms with Crippen LogP contribution in [0.25, 0.3) is 10.9 Å². The van der Waals surface area contributed by atoms with Crippen molar-refractivity contribution in [3.05, 3.63) is 69.3 Å². The smallest absolute Gasteiger partial charge is 0.0595 e. The maximum Gasteiger partial charge on any atom is 0.0595 e. The molecule has 2 aromatic carbocycles. The van der Waals surface area contributed by atoms with Crippen LogP contribution in [0.5, 0.6) is 0 Å². The summed E-state index contributed by atoms with van der Waals surface area (Å²) in [6, 6.07) is 16.0. The maximum atomic E-state index is 6.15. The number of nitrogens with zero attached hydrogens (tertiary/aromatic N) is 2. The topological polar surface area (TPSA) is 22.3 Å². The number of hydrogen-bond acceptors (Lipinski definition) is 2. The molecule has 29 heavy (non-hydrogen) atoms. The van der Waals surface area contributed by atoms with Gasteiger partial charge in [-0.1, -0.05) is 47.5 Å². The third kappa shape index (κ3) is 3.70. The van der Waals surface area contributed by atoms with Gasteiger partial charge in [0, 0.05) is 54.7 Å². The molecule has 0 unspecified atom stereocenters. The van der Waals surface area contributed by atoms with Crippen LogP contribution in [0.4, 0.5) is 0 Å². The van der Waals surface area contributed by atoms with E-state index in [1.54, 1.807) is 5.56 Å². The summed E-state index contributed by atoms with van der Waals surface area (Å²) in [5.41, 5.74) is 5.58. The number of rotatable bonds is 6. The van der Waals surface area contributed by atoms with Crippen LogP contribution < -0.4 is 0 Å². The molecule has 1 aromatic heterocycles. The van der Waals surface area contributed by atoms with Crippen molar-refractivity contribution in [3.63, 3.8) is 0 Å². The highest BCUT2D eigenvalue weighted by atomic mass is 35.5. The summed E-state index contributed by atoms with van der Waals surface area (Å²) < 4.78 is 0. The van der Waals surface area contributed by atoms with Crippen molar-refractivity contribution in [2.24, 2.45) is 0 Å². The number of H-pyrrole nitrogens is 1. The largest absolute Gasteiger partial charge is 0.358 e. The van der Waals surface area contributed by atoms with Crippen LogP contribution >= 0.6 is 23.2 Å². The van der Waals surface area contributed by atoms with E-state index < -0.39 is 0 Å². The van der Waals surface area contributed by atoms with E-state index in [1.165, 1.54) is 35.0 Å². The molecular weight excluding hydrogens is 401 g/mol. The van der Waals surface area contributed by atoms with Gasteiger partial charge in [-0.15, -0.1) is 0 Å². The molecule has 3 heterocycles. The van der Waals surface area contributed by atoms with E-state index in [4.69, 9.17) is 23.2 Å². The fourth-order valence-corrected chi connectivity index (χ4v) is 5.53. The van der Waals surface area contributed by atoms with Crippen LogP contribution in [0.1, 0.15) is 35.7 Å². The van der Waals surface area contributed by atoms with Crippen molar-refractivity contribution in [3.8, 4) is 0 Å². The first-order valence-electron chi connectivity index (χ1n) is 10.6. The summed E-state index contributed by atoms with van der Waals surface area (Å²) in [4.78, 5) is 8.89. The van der Waals surface area contributed by atoms with Crippen LogP contribution in [0.3, 0.4) is 0 Å². The number of likely N-dealkylation sites (N-methyl/N-ethyl adjacent to an activating group) is 1. The fourth-order valence-electron chi connectivity index (χ4n) is 5.21. The van der Waals surface area contributed by atoms with Gasteiger partial charge in [0.15, 0.2) is 0 Å². The lowest BCUT2D eigenvalue weighted by atomic mass is 9.97. The predicted octanol–water partition coefficient (Wildman–Crippen LogP) is 5.71. The van der Waals surface area contributed by atoms with Gasteiger partial charge in [0.25, 0.3) is 0 Å². The zero-order valence-corrected chi connectivity index (χ0v) is 18.3. The Morgan fingerprint density at radius 2 is 1.93 bits per heavy atom. The van der Waals surface area contributed by atoms with E-state index in [0.717, 1.165) is 32.5 Å². The molecule has 3 nitrogen and oxygen atoms in total. The Morgan fingerprint density at radius 3 is 2.79 bits per heavy atom. The van der Waals surface area contributed by atoms with Crippen molar-refractivity contribution in [1.29, 1.82) is 0 Å². The Hall–Kier alpha value is -1.52. The molecule has 0 aliphatic carbocycles. The lowest BCUT2D eigenvalue weighted by molar-refractivity contribution is 0.155. The second-order valence-corrected chi connectivity index (χ2v) is 9.37. The third-order valence-corrected chi connectivity index (χ3v) is 7.49. The highest BCUT2D eigenvalue weighted by Crippen LogP contribution is 2.46. The molecule has 1 N–H and O–H groups in total. The summed E-state index contributed by atoms with van der Waals surface area (Å²) in [6.07, 6.45) is 4.75. The summed E-state index contributed by atoms with van der Waals surface area (Å²) in [6.45, 7) is 3.25. The molecule has 3 aromatic rings. The number of para-hydroxylation sites is 1. The summed E-state index contributed by atoms with van der Waals surface area (Å²) >= 11 is 12.2. The first-order valence-corrected chi connectivity index (χ1v) is 11.3. The standard InChI is InChI=1S/C24H27Cl2N3/c1-28(11-10-16-6-8-19(25)20(26)14-16)12-13-29-17-7-9-23(29)24-18-4-2-3-5-21(18)27-22(24)15-17/h2-6,8,14,17,23,27H,7,9-13,15H2,1H3/t17-,23+/m1/s1. The van der Waals surface area contributed by atoms with Crippen molar-refractivity contribution in [2.75, 3.05) is 26.7 Å². The number of nitrogens with one attached hydrogen (secondary N) is 1. The SMILES string of the molecule is CN(CCc1ccc(Cl)c(Cl)c1)CCN1[C@@H]2CC[C@H]1c1c([nH]c3ccccc13)C2. The summed E-state index contributed by atoms with van der Waals surface area (Å²) in [7, 11) is 2.22. The predicted molar refractivity (Wildman–Crippen MR) is 122 cm³/mol. The van der Waals surface area contributed by atoms with Gasteiger partial charge < -0.3 is 9.88 Å². The van der Waals surface area contributed by atoms with E-state index in [9.17, 15) is 0 Å². The van der Waals surface area contributed by atoms with Gasteiger partial charge in [0.2, 0.25) is 0 Å². The number of hydrogen-bond donors (Lipinski definition) is 1. The molecule has 0 spiro atoms. The minimum atomic E-state index is 0.573. The van der Waals surface area contributed by atoms with E-state index in [2.05, 4.69) is 52.2 Å². The normalized spacial score (nSPS) is 21.2. The lowest BCUT2D eigenvalue weighted by Gasteiger charge is -2.36. The number of fused-ring (bicyclic) bond motifs is 6. The van der Waals surface area contributed by atoms with Crippen molar-refractivity contribution < 1.29 is 0 Å². The Kier molecular flexibility index (Phi) is 5.34. The van der Waals surface area contributed by atoms with Crippen LogP contribution in [0, 0.1) is 0 Å². The monoisotopic (exact) mass is 427 g/mol. The van der Waals surface area contributed by atoms with Crippen LogP contribution in [0.15, 0.2) is 42.5 Å². The minimum Gasteiger partial charge on any atom is -0.358 e. The molecule has 152 valence electrons. The molecule has 0 amide bonds. The van der Waals surface area contributed by atoms with Gasteiger partial charge in [-0.05, 0) is 55.6 Å². The first-order chi connectivity index (χ1) is 14.1. The Bertz CT molecular complexity index is 1030. The molecule has 2 bridgehead atoms. The molecule has 0 saturated carbocycles. The van der Waals surface area contributed by atoms with E-state index in [-0.39, 0.29) is 0 Å². The number of aromatic nitrogens is 1. The molecule has 0 radical (unpaired) electrons. The van der Waals surface area contributed by atoms with Crippen molar-refractivity contribution in [2.45, 2.75) is 37.8 Å². The second-order valence-electron chi connectivity index (χ2n) is 8.55. The van der Waals surface area contributed by atoms with Gasteiger partial charge in [-0.3, -0.25) is 4.90 Å². The summed E-state index contributed by atoms with van der Waals surface area (Å²) in [5.74, 6) is 0. The zero-order chi connectivity index (χ0) is 20.0. The third-order valence-electron chi connectivity index (χ3n) is 6.75. The van der Waals surface area contributed by atoms with Gasteiger partial charge >= 0.3 is 0 Å². The molecule has 1 fully saturated rings. The molecule has 5 rings (SSSR count). The average Bonchev–Trinajstić information content (AvgIpc) is 3.23. The quantitative estimate of drug-likeness (QED) is 0.543. The number of benzene rings is 2. The molecule has 5 heteroatoms.